The van der Waals surface area contributed by atoms with Gasteiger partial charge in [-0.15, -0.1) is 0 Å². The second-order valence-corrected chi connectivity index (χ2v) is 21.0. The van der Waals surface area contributed by atoms with Crippen LogP contribution in [0, 0.1) is 0 Å². The summed E-state index contributed by atoms with van der Waals surface area (Å²) in [5.41, 5.74) is 0. The smallest absolute Gasteiger partial charge is 0.249 e. The molecule has 11 nitrogen and oxygen atoms in total. The second kappa shape index (κ2) is 49.2. The van der Waals surface area contributed by atoms with E-state index in [0.717, 1.165) is 57.8 Å². The van der Waals surface area contributed by atoms with Crippen LogP contribution in [0.3, 0.4) is 0 Å². The van der Waals surface area contributed by atoms with Gasteiger partial charge in [-0.1, -0.05) is 230 Å². The molecule has 0 aliphatic carbocycles. The Morgan fingerprint density at radius 1 is 0.479 bits per heavy atom. The zero-order valence-electron chi connectivity index (χ0n) is 45.7. The minimum Gasteiger partial charge on any atom is -0.394 e. The quantitative estimate of drug-likeness (QED) is 0.0215. The third-order valence-electron chi connectivity index (χ3n) is 14.4. The third kappa shape index (κ3) is 37.7. The number of hydrogen-bond acceptors (Lipinski definition) is 10. The van der Waals surface area contributed by atoms with E-state index in [0.29, 0.717) is 19.3 Å². The Kier molecular flexibility index (Phi) is 46.7. The molecule has 8 N–H and O–H groups in total. The first kappa shape index (κ1) is 67.3. The van der Waals surface area contributed by atoms with Gasteiger partial charge in [0.2, 0.25) is 5.91 Å². The molecule has 71 heavy (non-hydrogen) atoms. The highest BCUT2D eigenvalue weighted by Gasteiger charge is 2.44. The molecule has 1 amide bonds. The molecular weight excluding hydrogens is 895 g/mol. The molecule has 1 fully saturated rings. The molecule has 0 aromatic rings. The van der Waals surface area contributed by atoms with Crippen LogP contribution in [-0.2, 0) is 14.3 Å². The van der Waals surface area contributed by atoms with Crippen LogP contribution in [-0.4, -0.2) is 110 Å². The van der Waals surface area contributed by atoms with Gasteiger partial charge in [-0.2, -0.15) is 0 Å². The van der Waals surface area contributed by atoms with E-state index in [2.05, 4.69) is 55.6 Å². The van der Waals surface area contributed by atoms with Crippen molar-refractivity contribution in [2.75, 3.05) is 13.2 Å². The largest absolute Gasteiger partial charge is 0.394 e. The normalized spacial score (nSPS) is 20.4. The molecule has 0 aromatic carbocycles. The molecule has 1 aliphatic rings. The number of allylic oxidation sites excluding steroid dienone is 6. The van der Waals surface area contributed by atoms with Crippen molar-refractivity contribution in [1.29, 1.82) is 0 Å². The summed E-state index contributed by atoms with van der Waals surface area (Å²) in [6, 6.07) is -1.19. The Bertz CT molecular complexity index is 1250. The maximum Gasteiger partial charge on any atom is 0.249 e. The van der Waals surface area contributed by atoms with E-state index in [-0.39, 0.29) is 12.8 Å². The van der Waals surface area contributed by atoms with Crippen LogP contribution < -0.4 is 5.32 Å². The van der Waals surface area contributed by atoms with Crippen LogP contribution in [0.4, 0.5) is 0 Å². The Balaban J connectivity index is 2.34. The van der Waals surface area contributed by atoms with Crippen molar-refractivity contribution < 1.29 is 50.0 Å². The van der Waals surface area contributed by atoms with E-state index < -0.39 is 74.2 Å². The summed E-state index contributed by atoms with van der Waals surface area (Å²) in [6.07, 6.45) is 49.2. The molecule has 1 heterocycles. The van der Waals surface area contributed by atoms with Crippen molar-refractivity contribution in [1.82, 2.24) is 5.32 Å². The van der Waals surface area contributed by atoms with Crippen molar-refractivity contribution >= 4 is 5.91 Å². The molecule has 0 radical (unpaired) electrons. The Morgan fingerprint density at radius 3 is 1.25 bits per heavy atom. The lowest BCUT2D eigenvalue weighted by Crippen LogP contribution is -2.60. The zero-order valence-corrected chi connectivity index (χ0v) is 45.7. The summed E-state index contributed by atoms with van der Waals surface area (Å²) >= 11 is 0. The van der Waals surface area contributed by atoms with E-state index in [4.69, 9.17) is 9.47 Å². The van der Waals surface area contributed by atoms with Gasteiger partial charge in [-0.25, -0.2) is 0 Å². The molecule has 0 saturated carbocycles. The average molecular weight is 1010 g/mol. The number of aliphatic hydroxyl groups excluding tert-OH is 7. The van der Waals surface area contributed by atoms with Crippen molar-refractivity contribution in [2.24, 2.45) is 0 Å². The molecule has 418 valence electrons. The maximum atomic E-state index is 13.2. The predicted octanol–water partition coefficient (Wildman–Crippen LogP) is 12.7. The fourth-order valence-corrected chi connectivity index (χ4v) is 9.51. The first-order chi connectivity index (χ1) is 34.7. The number of rotatable bonds is 51. The van der Waals surface area contributed by atoms with Gasteiger partial charge in [-0.05, 0) is 77.0 Å². The van der Waals surface area contributed by atoms with E-state index in [1.807, 2.05) is 0 Å². The Labute approximate surface area is 435 Å². The SMILES string of the molecule is CCCCCCCCCCCCC/C=C\CCCCCCCCC(O)C(=O)NC(COC1OC(CO)C(O)C(O)C1O)C(O)C(O)CCC/C=C/CC/C=C/CCCCCCCCCCCCCCCC. The van der Waals surface area contributed by atoms with Crippen LogP contribution >= 0.6 is 0 Å². The molecule has 0 aromatic heterocycles. The molecule has 9 unspecified atom stereocenters. The number of carbonyl (C=O) groups excluding carboxylic acids is 1. The lowest BCUT2D eigenvalue weighted by Gasteiger charge is -2.40. The van der Waals surface area contributed by atoms with Crippen molar-refractivity contribution in [3.63, 3.8) is 0 Å². The molecule has 11 heteroatoms. The van der Waals surface area contributed by atoms with Crippen molar-refractivity contribution in [3.05, 3.63) is 36.5 Å². The molecule has 0 spiro atoms. The number of nitrogens with one attached hydrogen (secondary N) is 1. The van der Waals surface area contributed by atoms with E-state index >= 15 is 0 Å². The topological polar surface area (TPSA) is 189 Å². The highest BCUT2D eigenvalue weighted by atomic mass is 16.7. The summed E-state index contributed by atoms with van der Waals surface area (Å²) in [5, 5.41) is 76.1. The van der Waals surface area contributed by atoms with E-state index in [1.165, 1.54) is 167 Å². The highest BCUT2D eigenvalue weighted by Crippen LogP contribution is 2.23. The van der Waals surface area contributed by atoms with Gasteiger partial charge >= 0.3 is 0 Å². The fourth-order valence-electron chi connectivity index (χ4n) is 9.51. The van der Waals surface area contributed by atoms with Crippen LogP contribution in [0.5, 0.6) is 0 Å². The van der Waals surface area contributed by atoms with Gasteiger partial charge in [0.1, 0.15) is 36.6 Å². The molecule has 9 atom stereocenters. The van der Waals surface area contributed by atoms with Gasteiger partial charge in [0, 0.05) is 0 Å². The molecule has 1 saturated heterocycles. The third-order valence-corrected chi connectivity index (χ3v) is 14.4. The molecule has 0 bridgehead atoms. The number of unbranched alkanes of at least 4 members (excludes halogenated alkanes) is 33. The average Bonchev–Trinajstić information content (AvgIpc) is 3.37. The van der Waals surface area contributed by atoms with Crippen molar-refractivity contribution in [3.8, 4) is 0 Å². The number of aliphatic hydroxyl groups is 7. The van der Waals surface area contributed by atoms with Gasteiger partial charge in [0.25, 0.3) is 0 Å². The highest BCUT2D eigenvalue weighted by molar-refractivity contribution is 5.80. The van der Waals surface area contributed by atoms with Gasteiger partial charge in [-0.3, -0.25) is 4.79 Å². The number of amides is 1. The summed E-state index contributed by atoms with van der Waals surface area (Å²) in [5.74, 6) is -0.713. The predicted molar refractivity (Wildman–Crippen MR) is 293 cm³/mol. The monoisotopic (exact) mass is 1010 g/mol. The first-order valence-electron chi connectivity index (χ1n) is 29.9. The lowest BCUT2D eigenvalue weighted by atomic mass is 9.98. The summed E-state index contributed by atoms with van der Waals surface area (Å²) in [7, 11) is 0. The summed E-state index contributed by atoms with van der Waals surface area (Å²) in [6.45, 7) is 3.46. The molecule has 1 aliphatic heterocycles. The van der Waals surface area contributed by atoms with Gasteiger partial charge in [0.05, 0.1) is 25.4 Å². The minimum atomic E-state index is -1.67. The molecular formula is C60H113NO10. The molecule has 1 rings (SSSR count). The summed E-state index contributed by atoms with van der Waals surface area (Å²) < 4.78 is 11.1. The Morgan fingerprint density at radius 2 is 0.845 bits per heavy atom. The minimum absolute atomic E-state index is 0.244. The van der Waals surface area contributed by atoms with E-state index in [9.17, 15) is 40.5 Å². The van der Waals surface area contributed by atoms with Crippen LogP contribution in [0.25, 0.3) is 0 Å². The summed E-state index contributed by atoms with van der Waals surface area (Å²) in [4.78, 5) is 13.2. The van der Waals surface area contributed by atoms with Crippen LogP contribution in [0.15, 0.2) is 36.5 Å². The standard InChI is InChI=1S/C60H113NO10/c1-3-5-7-9-11-13-15-17-19-21-23-25-26-28-29-31-33-35-37-39-41-43-45-47-52(63)55(65)51(50-70-60-58(68)57(67)56(66)54(49-62)71-60)61-59(69)53(64)48-46-44-42-40-38-36-34-32-30-27-24-22-20-18-16-14-12-10-8-6-4-2/h30-33,39,41,51-58,60,62-68H,3-29,34-38,40,42-50H2,1-2H3,(H,61,69)/b32-30-,33-31+,41-39+. The van der Waals surface area contributed by atoms with Crippen molar-refractivity contribution in [2.45, 2.75) is 326 Å². The zero-order chi connectivity index (χ0) is 51.8. The maximum absolute atomic E-state index is 13.2. The fraction of sp³-hybridized carbons (Fsp3) is 0.883. The number of hydrogen-bond donors (Lipinski definition) is 8. The van der Waals surface area contributed by atoms with Crippen LogP contribution in [0.2, 0.25) is 0 Å². The van der Waals surface area contributed by atoms with Gasteiger partial charge < -0.3 is 50.5 Å². The first-order valence-corrected chi connectivity index (χ1v) is 29.9. The second-order valence-electron chi connectivity index (χ2n) is 21.0. The number of carbonyl (C=O) groups is 1. The van der Waals surface area contributed by atoms with E-state index in [1.54, 1.807) is 0 Å². The Hall–Kier alpha value is -1.67. The van der Waals surface area contributed by atoms with Gasteiger partial charge in [0.15, 0.2) is 6.29 Å². The van der Waals surface area contributed by atoms with Crippen LogP contribution in [0.1, 0.15) is 271 Å². The lowest BCUT2D eigenvalue weighted by molar-refractivity contribution is -0.303. The number of ether oxygens (including phenoxy) is 2.